The number of nitrogens with zero attached hydrogens (tertiary/aromatic N) is 2. The molecule has 2 fully saturated rings. The number of anilines is 1. The van der Waals surface area contributed by atoms with Gasteiger partial charge >= 0.3 is 0 Å². The molecular formula is C24H35ClN4O. The summed E-state index contributed by atoms with van der Waals surface area (Å²) < 4.78 is 0. The predicted molar refractivity (Wildman–Crippen MR) is 125 cm³/mol. The molecule has 0 spiro atoms. The van der Waals surface area contributed by atoms with Crippen LogP contribution >= 0.6 is 11.6 Å². The largest absolute Gasteiger partial charge is 0.393 e. The number of halogens is 1. The average Bonchev–Trinajstić information content (AvgIpc) is 2.76. The number of hydrogen-bond acceptors (Lipinski definition) is 5. The molecule has 164 valence electrons. The molecule has 2 aliphatic rings. The highest BCUT2D eigenvalue weighted by Gasteiger charge is 2.20. The van der Waals surface area contributed by atoms with E-state index in [1.165, 1.54) is 12.8 Å². The van der Waals surface area contributed by atoms with Gasteiger partial charge in [0, 0.05) is 24.0 Å². The van der Waals surface area contributed by atoms with E-state index in [1.807, 2.05) is 18.2 Å². The van der Waals surface area contributed by atoms with Crippen LogP contribution in [0.3, 0.4) is 0 Å². The lowest BCUT2D eigenvalue weighted by atomic mass is 9.84. The second-order valence-corrected chi connectivity index (χ2v) is 8.94. The molecule has 0 aromatic carbocycles. The van der Waals surface area contributed by atoms with Crippen LogP contribution in [0.2, 0.25) is 5.02 Å². The number of aliphatic hydroxyl groups excluding tert-OH is 1. The van der Waals surface area contributed by atoms with Crippen LogP contribution in [0.25, 0.3) is 11.3 Å². The summed E-state index contributed by atoms with van der Waals surface area (Å²) >= 11 is 6.48. The number of aromatic nitrogens is 2. The molecule has 2 aromatic rings. The third-order valence-corrected chi connectivity index (χ3v) is 6.52. The Balaban J connectivity index is 0.00000256. The summed E-state index contributed by atoms with van der Waals surface area (Å²) in [5.41, 5.74) is 2.87. The van der Waals surface area contributed by atoms with E-state index in [9.17, 15) is 5.11 Å². The molecule has 30 heavy (non-hydrogen) atoms. The monoisotopic (exact) mass is 430 g/mol. The molecule has 5 nitrogen and oxygen atoms in total. The van der Waals surface area contributed by atoms with E-state index in [-0.39, 0.29) is 13.5 Å². The Hall–Kier alpha value is -1.69. The van der Waals surface area contributed by atoms with Gasteiger partial charge in [0.1, 0.15) is 5.82 Å². The van der Waals surface area contributed by atoms with Gasteiger partial charge in [-0.05, 0) is 88.1 Å². The third-order valence-electron chi connectivity index (χ3n) is 6.22. The van der Waals surface area contributed by atoms with Gasteiger partial charge in [-0.1, -0.05) is 25.1 Å². The molecule has 1 aliphatic carbocycles. The topological polar surface area (TPSA) is 70.1 Å². The zero-order valence-corrected chi connectivity index (χ0v) is 17.7. The second kappa shape index (κ2) is 11.1. The minimum atomic E-state index is -0.121. The molecule has 1 saturated carbocycles. The molecule has 0 bridgehead atoms. The molecule has 3 heterocycles. The average molecular weight is 431 g/mol. The van der Waals surface area contributed by atoms with Crippen molar-refractivity contribution in [1.82, 2.24) is 15.3 Å². The van der Waals surface area contributed by atoms with Crippen LogP contribution in [0.15, 0.2) is 30.5 Å². The van der Waals surface area contributed by atoms with E-state index in [4.69, 9.17) is 16.6 Å². The Morgan fingerprint density at radius 1 is 1.13 bits per heavy atom. The summed E-state index contributed by atoms with van der Waals surface area (Å²) in [6, 6.07) is 8.14. The lowest BCUT2D eigenvalue weighted by Gasteiger charge is -2.25. The van der Waals surface area contributed by atoms with Gasteiger partial charge in [0.15, 0.2) is 0 Å². The SMILES string of the molecule is C.OC1CCC(Cc2cc(-c3cccc(NC[C@@H]4CCCNC4)n3)c(Cl)cn2)CC1. The summed E-state index contributed by atoms with van der Waals surface area (Å²) in [4.78, 5) is 9.36. The van der Waals surface area contributed by atoms with Gasteiger partial charge in [0.25, 0.3) is 0 Å². The molecule has 0 unspecified atom stereocenters. The van der Waals surface area contributed by atoms with Crippen LogP contribution < -0.4 is 10.6 Å². The minimum Gasteiger partial charge on any atom is -0.393 e. The standard InChI is InChI=1S/C23H31ClN4O.CH4/c24-21-15-26-18(11-16-6-8-19(29)9-7-16)12-20(21)22-4-1-5-23(28-22)27-14-17-3-2-10-25-13-17;/h1,4-5,12,15-17,19,25,29H,2-3,6-11,13-14H2,(H,27,28);1H4/t16?,17-,19?;/m1./s1. The summed E-state index contributed by atoms with van der Waals surface area (Å²) in [7, 11) is 0. The van der Waals surface area contributed by atoms with E-state index in [0.717, 1.165) is 74.5 Å². The van der Waals surface area contributed by atoms with Gasteiger partial charge in [0.2, 0.25) is 0 Å². The summed E-state index contributed by atoms with van der Waals surface area (Å²) in [6.45, 7) is 3.14. The molecule has 0 radical (unpaired) electrons. The van der Waals surface area contributed by atoms with Gasteiger partial charge in [0.05, 0.1) is 16.8 Å². The smallest absolute Gasteiger partial charge is 0.126 e. The Bertz CT molecular complexity index is 802. The van der Waals surface area contributed by atoms with Gasteiger partial charge in [-0.3, -0.25) is 4.98 Å². The van der Waals surface area contributed by atoms with Crippen LogP contribution in [0.5, 0.6) is 0 Å². The molecule has 1 saturated heterocycles. The van der Waals surface area contributed by atoms with Crippen molar-refractivity contribution in [2.24, 2.45) is 11.8 Å². The van der Waals surface area contributed by atoms with Crippen LogP contribution in [0, 0.1) is 11.8 Å². The Labute approximate surface area is 185 Å². The molecule has 0 amide bonds. The maximum absolute atomic E-state index is 9.72. The van der Waals surface area contributed by atoms with Crippen molar-refractivity contribution >= 4 is 17.4 Å². The van der Waals surface area contributed by atoms with Gasteiger partial charge in [-0.2, -0.15) is 0 Å². The fraction of sp³-hybridized carbons (Fsp3) is 0.583. The number of hydrogen-bond donors (Lipinski definition) is 3. The summed E-state index contributed by atoms with van der Waals surface area (Å²) in [5.74, 6) is 2.13. The first-order valence-electron chi connectivity index (χ1n) is 10.9. The molecule has 1 aliphatic heterocycles. The van der Waals surface area contributed by atoms with Crippen molar-refractivity contribution in [2.45, 2.75) is 58.5 Å². The molecule has 6 heteroatoms. The number of piperidine rings is 1. The van der Waals surface area contributed by atoms with Crippen LogP contribution in [0.4, 0.5) is 5.82 Å². The zero-order valence-electron chi connectivity index (χ0n) is 16.9. The Kier molecular flexibility index (Phi) is 8.49. The lowest BCUT2D eigenvalue weighted by molar-refractivity contribution is 0.108. The first kappa shape index (κ1) is 23.0. The first-order valence-corrected chi connectivity index (χ1v) is 11.3. The van der Waals surface area contributed by atoms with E-state index in [1.54, 1.807) is 6.20 Å². The zero-order chi connectivity index (χ0) is 20.1. The van der Waals surface area contributed by atoms with E-state index in [2.05, 4.69) is 21.7 Å². The highest BCUT2D eigenvalue weighted by molar-refractivity contribution is 6.33. The quantitative estimate of drug-likeness (QED) is 0.605. The molecule has 3 N–H and O–H groups in total. The predicted octanol–water partition coefficient (Wildman–Crippen LogP) is 4.94. The van der Waals surface area contributed by atoms with Crippen molar-refractivity contribution in [3.63, 3.8) is 0 Å². The fourth-order valence-corrected chi connectivity index (χ4v) is 4.67. The normalized spacial score (nSPS) is 24.1. The van der Waals surface area contributed by atoms with Crippen molar-refractivity contribution in [1.29, 1.82) is 0 Å². The van der Waals surface area contributed by atoms with Crippen molar-refractivity contribution < 1.29 is 5.11 Å². The fourth-order valence-electron chi connectivity index (χ4n) is 4.46. The third kappa shape index (κ3) is 6.16. The molecule has 2 aromatic heterocycles. The molecular weight excluding hydrogens is 396 g/mol. The minimum absolute atomic E-state index is 0. The van der Waals surface area contributed by atoms with E-state index in [0.29, 0.717) is 16.9 Å². The maximum atomic E-state index is 9.72. The second-order valence-electron chi connectivity index (χ2n) is 8.54. The molecule has 1 atom stereocenters. The van der Waals surface area contributed by atoms with Crippen molar-refractivity contribution in [3.8, 4) is 11.3 Å². The number of nitrogens with one attached hydrogen (secondary N) is 2. The highest BCUT2D eigenvalue weighted by atomic mass is 35.5. The van der Waals surface area contributed by atoms with Crippen LogP contribution in [-0.2, 0) is 6.42 Å². The highest BCUT2D eigenvalue weighted by Crippen LogP contribution is 2.31. The van der Waals surface area contributed by atoms with Crippen LogP contribution in [0.1, 0.15) is 51.6 Å². The first-order chi connectivity index (χ1) is 14.2. The number of rotatable bonds is 6. The van der Waals surface area contributed by atoms with Crippen LogP contribution in [-0.4, -0.2) is 40.8 Å². The van der Waals surface area contributed by atoms with E-state index >= 15 is 0 Å². The lowest BCUT2D eigenvalue weighted by Crippen LogP contribution is -2.33. The van der Waals surface area contributed by atoms with Gasteiger partial charge in [-0.15, -0.1) is 0 Å². The number of aliphatic hydroxyl groups is 1. The summed E-state index contributed by atoms with van der Waals surface area (Å²) in [5, 5.41) is 17.3. The van der Waals surface area contributed by atoms with Crippen molar-refractivity contribution in [3.05, 3.63) is 41.2 Å². The van der Waals surface area contributed by atoms with Gasteiger partial charge < -0.3 is 15.7 Å². The maximum Gasteiger partial charge on any atom is 0.126 e. The Morgan fingerprint density at radius 2 is 1.97 bits per heavy atom. The molecule has 4 rings (SSSR count). The summed E-state index contributed by atoms with van der Waals surface area (Å²) in [6.07, 6.45) is 9.00. The number of pyridine rings is 2. The van der Waals surface area contributed by atoms with Gasteiger partial charge in [-0.25, -0.2) is 4.98 Å². The van der Waals surface area contributed by atoms with Crippen molar-refractivity contribution in [2.75, 3.05) is 25.0 Å². The van der Waals surface area contributed by atoms with E-state index < -0.39 is 0 Å². The Morgan fingerprint density at radius 3 is 2.73 bits per heavy atom.